The maximum Gasteiger partial charge on any atom is 0.330 e. The lowest BCUT2D eigenvalue weighted by molar-refractivity contribution is 0.292. The highest BCUT2D eigenvalue weighted by molar-refractivity contribution is 6.73. The number of hydrogen-bond donors (Lipinski definition) is 0. The van der Waals surface area contributed by atoms with E-state index in [-0.39, 0.29) is 5.54 Å². The molecule has 0 radical (unpaired) electrons. The summed E-state index contributed by atoms with van der Waals surface area (Å²) in [6, 6.07) is 21.6. The van der Waals surface area contributed by atoms with Crippen LogP contribution in [0.25, 0.3) is 0 Å². The summed E-state index contributed by atoms with van der Waals surface area (Å²) in [4.78, 5) is 5.07. The molecule has 0 unspecified atom stereocenters. The van der Waals surface area contributed by atoms with Crippen molar-refractivity contribution in [2.75, 3.05) is 11.5 Å². The highest BCUT2D eigenvalue weighted by atomic mass is 15.4. The summed E-state index contributed by atoms with van der Waals surface area (Å²) in [5.41, 5.74) is 2.75. The molecular weight excluding hydrogens is 304 g/mol. The van der Waals surface area contributed by atoms with E-state index in [1.807, 2.05) is 0 Å². The molecule has 0 aromatic heterocycles. The van der Waals surface area contributed by atoms with E-state index in [0.717, 1.165) is 13.2 Å². The molecule has 130 valence electrons. The summed E-state index contributed by atoms with van der Waals surface area (Å²) in [6.07, 6.45) is 0. The number of anilines is 1. The molecule has 1 aliphatic heterocycles. The average Bonchev–Trinajstić information content (AvgIpc) is 2.58. The van der Waals surface area contributed by atoms with Gasteiger partial charge in [0.25, 0.3) is 6.98 Å². The third kappa shape index (κ3) is 3.94. The van der Waals surface area contributed by atoms with Crippen molar-refractivity contribution < 1.29 is 0 Å². The lowest BCUT2D eigenvalue weighted by atomic mass is 9.54. The zero-order valence-corrected chi connectivity index (χ0v) is 16.2. The summed E-state index contributed by atoms with van der Waals surface area (Å²) in [5.74, 6) is 0. The third-order valence-corrected chi connectivity index (χ3v) is 5.21. The van der Waals surface area contributed by atoms with Gasteiger partial charge in [-0.3, -0.25) is 0 Å². The summed E-state index contributed by atoms with van der Waals surface area (Å²) in [5, 5.41) is 0. The first-order valence-electron chi connectivity index (χ1n) is 9.26. The molecule has 1 heterocycles. The van der Waals surface area contributed by atoms with Gasteiger partial charge in [-0.1, -0.05) is 62.2 Å². The zero-order chi connectivity index (χ0) is 18.0. The van der Waals surface area contributed by atoms with Crippen LogP contribution >= 0.6 is 0 Å². The number of rotatable bonds is 3. The highest BCUT2D eigenvalue weighted by Crippen LogP contribution is 2.29. The fraction of sp³-hybridized carbons (Fsp3) is 0.400. The molecule has 0 bridgehead atoms. The predicted octanol–water partition coefficient (Wildman–Crippen LogP) is 4.30. The maximum absolute atomic E-state index is 2.62. The monoisotopic (exact) mass is 333 g/mol. The van der Waals surface area contributed by atoms with Gasteiger partial charge in [-0.15, -0.1) is 0 Å². The van der Waals surface area contributed by atoms with Crippen LogP contribution in [-0.2, 0) is 6.54 Å². The molecule has 1 aliphatic rings. The van der Waals surface area contributed by atoms with Gasteiger partial charge >= 0.3 is 6.98 Å². The fourth-order valence-electron chi connectivity index (χ4n) is 4.11. The topological polar surface area (TPSA) is 9.72 Å². The van der Waals surface area contributed by atoms with Gasteiger partial charge in [0.05, 0.1) is 6.67 Å². The number of nitrogens with zero attached hydrogens (tertiary/aromatic N) is 3. The Morgan fingerprint density at radius 3 is 1.96 bits per heavy atom. The molecule has 0 amide bonds. The van der Waals surface area contributed by atoms with E-state index in [9.17, 15) is 0 Å². The Labute approximate surface area is 153 Å². The van der Waals surface area contributed by atoms with E-state index in [1.165, 1.54) is 11.3 Å². The van der Waals surface area contributed by atoms with Crippen molar-refractivity contribution in [2.24, 2.45) is 0 Å². The largest absolute Gasteiger partial charge is 0.390 e. The van der Waals surface area contributed by atoms with Crippen molar-refractivity contribution in [3.63, 3.8) is 0 Å². The Balaban J connectivity index is 1.92. The van der Waals surface area contributed by atoms with Gasteiger partial charge in [0.1, 0.15) is 0 Å². The Bertz CT molecular complexity index is 672. The average molecular weight is 333 g/mol. The zero-order valence-electron chi connectivity index (χ0n) is 16.2. The normalized spacial score (nSPS) is 17.2. The van der Waals surface area contributed by atoms with Crippen LogP contribution in [0.2, 0.25) is 13.6 Å². The fourth-order valence-corrected chi connectivity index (χ4v) is 4.11. The Kier molecular flexibility index (Phi) is 5.26. The number of benzene rings is 2. The summed E-state index contributed by atoms with van der Waals surface area (Å²) in [6.45, 7) is 14.2. The first-order valence-corrected chi connectivity index (χ1v) is 9.26. The molecule has 25 heavy (non-hydrogen) atoms. The van der Waals surface area contributed by atoms with E-state index >= 15 is 0 Å². The number of para-hydroxylation sites is 1. The quantitative estimate of drug-likeness (QED) is 0.776. The molecule has 3 rings (SSSR count). The van der Waals surface area contributed by atoms with Crippen molar-refractivity contribution in [3.8, 4) is 0 Å². The molecule has 0 atom stereocenters. The molecule has 0 N–H and O–H groups in total. The SMILES string of the molecule is CB1N(Cc2ccccc2)CN(c2ccccc2)B(C)N1C(C)(C)C. The van der Waals surface area contributed by atoms with E-state index < -0.39 is 0 Å². The second-order valence-corrected chi connectivity index (χ2v) is 8.02. The van der Waals surface area contributed by atoms with Crippen molar-refractivity contribution in [3.05, 3.63) is 66.2 Å². The maximum atomic E-state index is 2.62. The van der Waals surface area contributed by atoms with Crippen LogP contribution in [0, 0.1) is 0 Å². The summed E-state index contributed by atoms with van der Waals surface area (Å²) in [7, 11) is 0. The van der Waals surface area contributed by atoms with Crippen LogP contribution in [0.4, 0.5) is 5.69 Å². The number of hydrogen-bond acceptors (Lipinski definition) is 3. The van der Waals surface area contributed by atoms with Crippen molar-refractivity contribution >= 4 is 19.7 Å². The van der Waals surface area contributed by atoms with E-state index in [1.54, 1.807) is 0 Å². The van der Waals surface area contributed by atoms with Crippen molar-refractivity contribution in [1.82, 2.24) is 9.53 Å². The van der Waals surface area contributed by atoms with Gasteiger partial charge in [0.15, 0.2) is 0 Å². The van der Waals surface area contributed by atoms with E-state index in [0.29, 0.717) is 14.0 Å². The van der Waals surface area contributed by atoms with Gasteiger partial charge in [-0.25, -0.2) is 0 Å². The second-order valence-electron chi connectivity index (χ2n) is 8.02. The van der Waals surface area contributed by atoms with Crippen LogP contribution in [-0.4, -0.2) is 35.7 Å². The molecule has 3 nitrogen and oxygen atoms in total. The summed E-state index contributed by atoms with van der Waals surface area (Å²) >= 11 is 0. The van der Waals surface area contributed by atoms with E-state index in [4.69, 9.17) is 0 Å². The lowest BCUT2D eigenvalue weighted by Gasteiger charge is -2.54. The molecule has 1 saturated heterocycles. The van der Waals surface area contributed by atoms with Crippen LogP contribution < -0.4 is 4.81 Å². The molecule has 0 saturated carbocycles. The molecule has 0 spiro atoms. The Morgan fingerprint density at radius 2 is 1.40 bits per heavy atom. The van der Waals surface area contributed by atoms with Gasteiger partial charge in [-0.05, 0) is 44.0 Å². The van der Waals surface area contributed by atoms with Gasteiger partial charge in [-0.2, -0.15) is 0 Å². The van der Waals surface area contributed by atoms with Crippen LogP contribution in [0.3, 0.4) is 0 Å². The minimum absolute atomic E-state index is 0.0984. The Hall–Kier alpha value is -1.71. The molecule has 1 fully saturated rings. The van der Waals surface area contributed by atoms with Crippen LogP contribution in [0.15, 0.2) is 60.7 Å². The van der Waals surface area contributed by atoms with Gasteiger partial charge < -0.3 is 14.3 Å². The lowest BCUT2D eigenvalue weighted by Crippen LogP contribution is -2.73. The highest BCUT2D eigenvalue weighted by Gasteiger charge is 2.45. The van der Waals surface area contributed by atoms with Crippen molar-refractivity contribution in [2.45, 2.75) is 46.5 Å². The smallest absolute Gasteiger partial charge is 0.330 e. The van der Waals surface area contributed by atoms with Gasteiger partial charge in [0.2, 0.25) is 0 Å². The van der Waals surface area contributed by atoms with E-state index in [2.05, 4.69) is 109 Å². The standard InChI is InChI=1S/C20H29B2N3/c1-20(2,3)25-21(4)23(16-18-12-8-6-9-13-18)17-24(22(25)5)19-14-10-7-11-15-19/h6-15H,16-17H2,1-5H3. The molecule has 5 heteroatoms. The molecule has 2 aromatic rings. The molecule has 0 aliphatic carbocycles. The third-order valence-electron chi connectivity index (χ3n) is 5.21. The minimum Gasteiger partial charge on any atom is -0.390 e. The predicted molar refractivity (Wildman–Crippen MR) is 111 cm³/mol. The first kappa shape index (κ1) is 18.1. The van der Waals surface area contributed by atoms with Crippen LogP contribution in [0.5, 0.6) is 0 Å². The molecule has 2 aromatic carbocycles. The van der Waals surface area contributed by atoms with Crippen LogP contribution in [0.1, 0.15) is 26.3 Å². The first-order chi connectivity index (χ1) is 11.9. The van der Waals surface area contributed by atoms with Crippen molar-refractivity contribution in [1.29, 1.82) is 0 Å². The Morgan fingerprint density at radius 1 is 0.840 bits per heavy atom. The second kappa shape index (κ2) is 7.27. The van der Waals surface area contributed by atoms with Gasteiger partial charge in [0, 0.05) is 12.2 Å². The molecular formula is C20H29B2N3. The summed E-state index contributed by atoms with van der Waals surface area (Å²) < 4.78 is 2.62. The minimum atomic E-state index is 0.0984.